The van der Waals surface area contributed by atoms with Crippen molar-refractivity contribution in [1.82, 2.24) is 0 Å². The summed E-state index contributed by atoms with van der Waals surface area (Å²) in [6.45, 7) is 1.59. The Balaban J connectivity index is 2.06. The highest BCUT2D eigenvalue weighted by Gasteiger charge is 2.20. The monoisotopic (exact) mass is 326 g/mol. The van der Waals surface area contributed by atoms with E-state index in [2.05, 4.69) is 0 Å². The molecule has 5 heteroatoms. The van der Waals surface area contributed by atoms with E-state index < -0.39 is 17.2 Å². The second-order valence-corrected chi connectivity index (χ2v) is 5.30. The Labute approximate surface area is 137 Å². The van der Waals surface area contributed by atoms with E-state index in [9.17, 15) is 14.3 Å². The summed E-state index contributed by atoms with van der Waals surface area (Å²) in [5.74, 6) is -1.05. The van der Waals surface area contributed by atoms with Crippen molar-refractivity contribution in [1.29, 1.82) is 0 Å². The van der Waals surface area contributed by atoms with Crippen LogP contribution in [0.5, 0.6) is 11.7 Å². The SMILES string of the molecule is Cc1c(O)oc(-c2cccc(F)c2)c(OCc2ccccc2)c1=O. The zero-order valence-electron chi connectivity index (χ0n) is 13.0. The molecule has 0 amide bonds. The zero-order chi connectivity index (χ0) is 17.1. The molecule has 0 radical (unpaired) electrons. The van der Waals surface area contributed by atoms with Crippen molar-refractivity contribution >= 4 is 0 Å². The lowest BCUT2D eigenvalue weighted by Crippen LogP contribution is -2.12. The molecular weight excluding hydrogens is 311 g/mol. The molecule has 0 unspecified atom stereocenters. The lowest BCUT2D eigenvalue weighted by Gasteiger charge is -2.12. The lowest BCUT2D eigenvalue weighted by molar-refractivity contribution is 0.275. The van der Waals surface area contributed by atoms with Gasteiger partial charge in [0.1, 0.15) is 12.4 Å². The van der Waals surface area contributed by atoms with Crippen LogP contribution < -0.4 is 10.2 Å². The van der Waals surface area contributed by atoms with Gasteiger partial charge in [-0.25, -0.2) is 4.39 Å². The van der Waals surface area contributed by atoms with Crippen molar-refractivity contribution < 1.29 is 18.7 Å². The number of halogens is 1. The van der Waals surface area contributed by atoms with E-state index in [1.54, 1.807) is 6.07 Å². The van der Waals surface area contributed by atoms with Crippen molar-refractivity contribution in [2.24, 2.45) is 0 Å². The van der Waals surface area contributed by atoms with Gasteiger partial charge in [-0.3, -0.25) is 4.79 Å². The molecule has 1 aromatic heterocycles. The van der Waals surface area contributed by atoms with Crippen molar-refractivity contribution in [2.45, 2.75) is 13.5 Å². The maximum atomic E-state index is 13.5. The van der Waals surface area contributed by atoms with Gasteiger partial charge in [0.25, 0.3) is 5.95 Å². The third-order valence-electron chi connectivity index (χ3n) is 3.59. The fourth-order valence-corrected chi connectivity index (χ4v) is 2.27. The summed E-state index contributed by atoms with van der Waals surface area (Å²) < 4.78 is 24.5. The van der Waals surface area contributed by atoms with Gasteiger partial charge in [0.2, 0.25) is 11.2 Å². The van der Waals surface area contributed by atoms with Gasteiger partial charge in [-0.1, -0.05) is 42.5 Å². The first-order chi connectivity index (χ1) is 11.6. The Morgan fingerprint density at radius 3 is 2.58 bits per heavy atom. The molecule has 1 heterocycles. The van der Waals surface area contributed by atoms with Crippen molar-refractivity contribution in [3.05, 3.63) is 81.8 Å². The minimum Gasteiger partial charge on any atom is -0.481 e. The van der Waals surface area contributed by atoms with Crippen LogP contribution in [0.2, 0.25) is 0 Å². The van der Waals surface area contributed by atoms with E-state index in [0.29, 0.717) is 5.56 Å². The fraction of sp³-hybridized carbons (Fsp3) is 0.105. The summed E-state index contributed by atoms with van der Waals surface area (Å²) >= 11 is 0. The molecular formula is C19H15FO4. The molecule has 3 rings (SSSR count). The van der Waals surface area contributed by atoms with E-state index in [4.69, 9.17) is 9.15 Å². The molecule has 122 valence electrons. The second-order valence-electron chi connectivity index (χ2n) is 5.30. The molecule has 0 aliphatic carbocycles. The Kier molecular flexibility index (Phi) is 4.33. The highest BCUT2D eigenvalue weighted by atomic mass is 19.1. The van der Waals surface area contributed by atoms with Crippen LogP contribution in [0, 0.1) is 12.7 Å². The quantitative estimate of drug-likeness (QED) is 0.786. The summed E-state index contributed by atoms with van der Waals surface area (Å²) in [7, 11) is 0. The van der Waals surface area contributed by atoms with Gasteiger partial charge in [0, 0.05) is 5.56 Å². The summed E-state index contributed by atoms with van der Waals surface area (Å²) in [5.41, 5.74) is 0.727. The van der Waals surface area contributed by atoms with Gasteiger partial charge < -0.3 is 14.3 Å². The fourth-order valence-electron chi connectivity index (χ4n) is 2.27. The van der Waals surface area contributed by atoms with Gasteiger partial charge in [0.05, 0.1) is 5.56 Å². The van der Waals surface area contributed by atoms with Crippen LogP contribution in [0.4, 0.5) is 4.39 Å². The van der Waals surface area contributed by atoms with Gasteiger partial charge >= 0.3 is 0 Å². The Hall–Kier alpha value is -3.08. The van der Waals surface area contributed by atoms with E-state index in [0.717, 1.165) is 5.56 Å². The highest BCUT2D eigenvalue weighted by Crippen LogP contribution is 2.32. The van der Waals surface area contributed by atoms with Gasteiger partial charge in [-0.15, -0.1) is 0 Å². The number of ether oxygens (including phenoxy) is 1. The van der Waals surface area contributed by atoms with Crippen molar-refractivity contribution in [3.63, 3.8) is 0 Å². The maximum absolute atomic E-state index is 13.5. The molecule has 0 atom stereocenters. The van der Waals surface area contributed by atoms with Crippen LogP contribution in [-0.4, -0.2) is 5.11 Å². The van der Waals surface area contributed by atoms with Crippen LogP contribution >= 0.6 is 0 Å². The van der Waals surface area contributed by atoms with E-state index in [-0.39, 0.29) is 23.7 Å². The Morgan fingerprint density at radius 1 is 1.12 bits per heavy atom. The molecule has 4 nitrogen and oxygen atoms in total. The van der Waals surface area contributed by atoms with Gasteiger partial charge in [-0.05, 0) is 24.6 Å². The standard InChI is InChI=1S/C19H15FO4/c1-12-16(21)18(23-11-13-6-3-2-4-7-13)17(24-19(12)22)14-8-5-9-15(20)10-14/h2-10,22H,11H2,1H3. The zero-order valence-corrected chi connectivity index (χ0v) is 13.0. The van der Waals surface area contributed by atoms with E-state index >= 15 is 0 Å². The molecule has 0 fully saturated rings. The van der Waals surface area contributed by atoms with Gasteiger partial charge in [-0.2, -0.15) is 0 Å². The molecule has 0 saturated carbocycles. The number of aromatic hydroxyl groups is 1. The van der Waals surface area contributed by atoms with E-state index in [1.165, 1.54) is 25.1 Å². The lowest BCUT2D eigenvalue weighted by atomic mass is 10.1. The van der Waals surface area contributed by atoms with Crippen molar-refractivity contribution in [3.8, 4) is 23.0 Å². The Morgan fingerprint density at radius 2 is 1.88 bits per heavy atom. The van der Waals surface area contributed by atoms with Crippen molar-refractivity contribution in [2.75, 3.05) is 0 Å². The minimum atomic E-state index is -0.508. The molecule has 0 aliphatic heterocycles. The molecule has 0 saturated heterocycles. The number of hydrogen-bond acceptors (Lipinski definition) is 4. The van der Waals surface area contributed by atoms with Crippen LogP contribution in [0.15, 0.2) is 63.8 Å². The third kappa shape index (κ3) is 3.15. The minimum absolute atomic E-state index is 0.00136. The first-order valence-electron chi connectivity index (χ1n) is 7.35. The molecule has 2 aromatic carbocycles. The molecule has 1 N–H and O–H groups in total. The topological polar surface area (TPSA) is 59.7 Å². The number of rotatable bonds is 4. The first-order valence-corrected chi connectivity index (χ1v) is 7.35. The van der Waals surface area contributed by atoms with Crippen LogP contribution in [-0.2, 0) is 6.61 Å². The molecule has 0 aliphatic rings. The van der Waals surface area contributed by atoms with Crippen LogP contribution in [0.1, 0.15) is 11.1 Å². The summed E-state index contributed by atoms with van der Waals surface area (Å²) in [6.07, 6.45) is 0. The predicted octanol–water partition coefficient (Wildman–Crippen LogP) is 4.04. The molecule has 3 aromatic rings. The summed E-state index contributed by atoms with van der Waals surface area (Å²) in [5, 5.41) is 9.81. The summed E-state index contributed by atoms with van der Waals surface area (Å²) in [6, 6.07) is 14.9. The smallest absolute Gasteiger partial charge is 0.289 e. The number of hydrogen-bond donors (Lipinski definition) is 1. The van der Waals surface area contributed by atoms with Gasteiger partial charge in [0.15, 0.2) is 5.76 Å². The largest absolute Gasteiger partial charge is 0.481 e. The molecule has 0 spiro atoms. The molecule has 0 bridgehead atoms. The second kappa shape index (κ2) is 6.58. The average molecular weight is 326 g/mol. The summed E-state index contributed by atoms with van der Waals surface area (Å²) in [4.78, 5) is 12.5. The predicted molar refractivity (Wildman–Crippen MR) is 87.5 cm³/mol. The normalized spacial score (nSPS) is 10.6. The van der Waals surface area contributed by atoms with E-state index in [1.807, 2.05) is 30.3 Å². The Bertz CT molecular complexity index is 916. The van der Waals surface area contributed by atoms with Crippen LogP contribution in [0.25, 0.3) is 11.3 Å². The maximum Gasteiger partial charge on any atom is 0.289 e. The third-order valence-corrected chi connectivity index (χ3v) is 3.59. The average Bonchev–Trinajstić information content (AvgIpc) is 2.59. The highest BCUT2D eigenvalue weighted by molar-refractivity contribution is 5.65. The molecule has 24 heavy (non-hydrogen) atoms. The first kappa shape index (κ1) is 15.8. The number of benzene rings is 2. The van der Waals surface area contributed by atoms with Crippen LogP contribution in [0.3, 0.4) is 0 Å².